The first-order chi connectivity index (χ1) is 12.9. The van der Waals surface area contributed by atoms with Gasteiger partial charge in [0.2, 0.25) is 0 Å². The van der Waals surface area contributed by atoms with Gasteiger partial charge in [-0.05, 0) is 25.1 Å². The standard InChI is InChI=1S/C20H24N2O5/c1-13(27-14-9-7-6-8-10-14)19(23)21-16-12-18(26-5)17(25-4)11-15(16)20(24)22(2)3/h6-13H,1-5H3,(H,21,23)/t13-/m0/s1. The third-order valence-corrected chi connectivity index (χ3v) is 3.84. The van der Waals surface area contributed by atoms with Crippen LogP contribution in [0.2, 0.25) is 0 Å². The van der Waals surface area contributed by atoms with Crippen LogP contribution in [0.5, 0.6) is 17.2 Å². The summed E-state index contributed by atoms with van der Waals surface area (Å²) in [6.07, 6.45) is -0.761. The Labute approximate surface area is 158 Å². The topological polar surface area (TPSA) is 77.1 Å². The Morgan fingerprint density at radius 3 is 2.15 bits per heavy atom. The SMILES string of the molecule is COc1cc(NC(=O)[C@H](C)Oc2ccccc2)c(C(=O)N(C)C)cc1OC. The number of nitrogens with zero attached hydrogens (tertiary/aromatic N) is 1. The highest BCUT2D eigenvalue weighted by molar-refractivity contribution is 6.05. The van der Waals surface area contributed by atoms with Crippen molar-refractivity contribution in [1.82, 2.24) is 4.90 Å². The van der Waals surface area contributed by atoms with Crippen LogP contribution >= 0.6 is 0 Å². The zero-order chi connectivity index (χ0) is 20.0. The van der Waals surface area contributed by atoms with Gasteiger partial charge in [0, 0.05) is 20.2 Å². The number of carbonyl (C=O) groups is 2. The van der Waals surface area contributed by atoms with Crippen molar-refractivity contribution in [2.75, 3.05) is 33.6 Å². The Balaban J connectivity index is 2.29. The number of methoxy groups -OCH3 is 2. The minimum atomic E-state index is -0.761. The first-order valence-electron chi connectivity index (χ1n) is 8.37. The third kappa shape index (κ3) is 4.91. The van der Waals surface area contributed by atoms with E-state index in [1.54, 1.807) is 45.3 Å². The Morgan fingerprint density at radius 2 is 1.59 bits per heavy atom. The van der Waals surface area contributed by atoms with Crippen molar-refractivity contribution in [2.45, 2.75) is 13.0 Å². The minimum Gasteiger partial charge on any atom is -0.493 e. The van der Waals surface area contributed by atoms with E-state index in [0.29, 0.717) is 22.9 Å². The molecule has 1 N–H and O–H groups in total. The Hall–Kier alpha value is -3.22. The van der Waals surface area contributed by atoms with Crippen molar-refractivity contribution in [1.29, 1.82) is 0 Å². The summed E-state index contributed by atoms with van der Waals surface area (Å²) in [7, 11) is 6.23. The maximum atomic E-state index is 12.6. The number of anilines is 1. The first-order valence-corrected chi connectivity index (χ1v) is 8.37. The predicted molar refractivity (Wildman–Crippen MR) is 103 cm³/mol. The van der Waals surface area contributed by atoms with E-state index in [1.807, 2.05) is 18.2 Å². The van der Waals surface area contributed by atoms with E-state index in [2.05, 4.69) is 5.32 Å². The summed E-state index contributed by atoms with van der Waals surface area (Å²) in [6.45, 7) is 1.64. The number of hydrogen-bond acceptors (Lipinski definition) is 5. The Morgan fingerprint density at radius 1 is 1.00 bits per heavy atom. The number of para-hydroxylation sites is 1. The summed E-state index contributed by atoms with van der Waals surface area (Å²) in [4.78, 5) is 26.5. The summed E-state index contributed by atoms with van der Waals surface area (Å²) < 4.78 is 16.2. The quantitative estimate of drug-likeness (QED) is 0.809. The molecule has 0 unspecified atom stereocenters. The van der Waals surface area contributed by atoms with Gasteiger partial charge in [0.15, 0.2) is 17.6 Å². The fourth-order valence-electron chi connectivity index (χ4n) is 2.39. The lowest BCUT2D eigenvalue weighted by Crippen LogP contribution is -2.31. The second-order valence-corrected chi connectivity index (χ2v) is 6.01. The molecule has 0 aromatic heterocycles. The minimum absolute atomic E-state index is 0.275. The van der Waals surface area contributed by atoms with E-state index in [-0.39, 0.29) is 17.4 Å². The molecule has 27 heavy (non-hydrogen) atoms. The molecule has 2 aromatic rings. The van der Waals surface area contributed by atoms with Crippen LogP contribution < -0.4 is 19.5 Å². The number of ether oxygens (including phenoxy) is 3. The van der Waals surface area contributed by atoms with Gasteiger partial charge in [-0.15, -0.1) is 0 Å². The van der Waals surface area contributed by atoms with Crippen LogP contribution in [0.25, 0.3) is 0 Å². The molecule has 144 valence electrons. The molecule has 0 aliphatic heterocycles. The van der Waals surface area contributed by atoms with Gasteiger partial charge in [-0.3, -0.25) is 9.59 Å². The van der Waals surface area contributed by atoms with E-state index in [0.717, 1.165) is 0 Å². The summed E-state index contributed by atoms with van der Waals surface area (Å²) in [6, 6.07) is 12.1. The largest absolute Gasteiger partial charge is 0.493 e. The van der Waals surface area contributed by atoms with Gasteiger partial charge < -0.3 is 24.4 Å². The molecule has 2 aromatic carbocycles. The van der Waals surface area contributed by atoms with Crippen molar-refractivity contribution < 1.29 is 23.8 Å². The molecule has 1 atom stereocenters. The van der Waals surface area contributed by atoms with Crippen LogP contribution in [0.4, 0.5) is 5.69 Å². The van der Waals surface area contributed by atoms with Crippen molar-refractivity contribution in [3.8, 4) is 17.2 Å². The number of hydrogen-bond donors (Lipinski definition) is 1. The normalized spacial score (nSPS) is 11.3. The van der Waals surface area contributed by atoms with E-state index in [9.17, 15) is 9.59 Å². The van der Waals surface area contributed by atoms with Gasteiger partial charge in [0.25, 0.3) is 11.8 Å². The van der Waals surface area contributed by atoms with Crippen LogP contribution in [0.15, 0.2) is 42.5 Å². The van der Waals surface area contributed by atoms with Gasteiger partial charge in [0.1, 0.15) is 5.75 Å². The van der Waals surface area contributed by atoms with Crippen molar-refractivity contribution in [3.63, 3.8) is 0 Å². The molecule has 0 saturated heterocycles. The zero-order valence-electron chi connectivity index (χ0n) is 16.1. The zero-order valence-corrected chi connectivity index (χ0v) is 16.1. The second-order valence-electron chi connectivity index (χ2n) is 6.01. The summed E-state index contributed by atoms with van der Waals surface area (Å²) in [5, 5.41) is 2.75. The molecule has 0 saturated carbocycles. The predicted octanol–water partition coefficient (Wildman–Crippen LogP) is 2.81. The monoisotopic (exact) mass is 372 g/mol. The van der Waals surface area contributed by atoms with E-state index in [1.165, 1.54) is 19.1 Å². The maximum Gasteiger partial charge on any atom is 0.265 e. The molecular formula is C20H24N2O5. The van der Waals surface area contributed by atoms with Gasteiger partial charge in [-0.2, -0.15) is 0 Å². The van der Waals surface area contributed by atoms with Gasteiger partial charge in [-0.25, -0.2) is 0 Å². The van der Waals surface area contributed by atoms with Crippen LogP contribution in [-0.2, 0) is 4.79 Å². The highest BCUT2D eigenvalue weighted by Crippen LogP contribution is 2.34. The van der Waals surface area contributed by atoms with E-state index < -0.39 is 6.10 Å². The first kappa shape index (κ1) is 20.1. The van der Waals surface area contributed by atoms with Gasteiger partial charge in [-0.1, -0.05) is 18.2 Å². The molecule has 0 bridgehead atoms. The van der Waals surface area contributed by atoms with E-state index >= 15 is 0 Å². The van der Waals surface area contributed by atoms with Crippen molar-refractivity contribution in [2.24, 2.45) is 0 Å². The molecule has 0 radical (unpaired) electrons. The smallest absolute Gasteiger partial charge is 0.265 e. The maximum absolute atomic E-state index is 12.6. The molecule has 0 fully saturated rings. The van der Waals surface area contributed by atoms with Crippen LogP contribution in [0, 0.1) is 0 Å². The highest BCUT2D eigenvalue weighted by atomic mass is 16.5. The molecule has 0 aliphatic rings. The average Bonchev–Trinajstić information content (AvgIpc) is 2.67. The number of benzene rings is 2. The number of rotatable bonds is 7. The van der Waals surface area contributed by atoms with E-state index in [4.69, 9.17) is 14.2 Å². The molecular weight excluding hydrogens is 348 g/mol. The average molecular weight is 372 g/mol. The molecule has 2 rings (SSSR count). The fourth-order valence-corrected chi connectivity index (χ4v) is 2.39. The highest BCUT2D eigenvalue weighted by Gasteiger charge is 2.22. The van der Waals surface area contributed by atoms with Crippen LogP contribution in [0.3, 0.4) is 0 Å². The number of nitrogens with one attached hydrogen (secondary N) is 1. The molecule has 7 heteroatoms. The summed E-state index contributed by atoms with van der Waals surface area (Å²) in [5.41, 5.74) is 0.609. The molecule has 0 aliphatic carbocycles. The molecule has 2 amide bonds. The molecule has 7 nitrogen and oxygen atoms in total. The lowest BCUT2D eigenvalue weighted by molar-refractivity contribution is -0.122. The number of carbonyl (C=O) groups excluding carboxylic acids is 2. The lowest BCUT2D eigenvalue weighted by Gasteiger charge is -2.19. The number of amides is 2. The Kier molecular flexibility index (Phi) is 6.65. The van der Waals surface area contributed by atoms with Crippen molar-refractivity contribution >= 4 is 17.5 Å². The molecule has 0 heterocycles. The lowest BCUT2D eigenvalue weighted by atomic mass is 10.1. The summed E-state index contributed by atoms with van der Waals surface area (Å²) >= 11 is 0. The summed E-state index contributed by atoms with van der Waals surface area (Å²) in [5.74, 6) is 0.716. The van der Waals surface area contributed by atoms with Crippen LogP contribution in [0.1, 0.15) is 17.3 Å². The Bertz CT molecular complexity index is 806. The third-order valence-electron chi connectivity index (χ3n) is 3.84. The van der Waals surface area contributed by atoms with Gasteiger partial charge >= 0.3 is 0 Å². The van der Waals surface area contributed by atoms with Gasteiger partial charge in [0.05, 0.1) is 25.5 Å². The fraction of sp³-hybridized carbons (Fsp3) is 0.300. The second kappa shape index (κ2) is 8.93. The van der Waals surface area contributed by atoms with Crippen LogP contribution in [-0.4, -0.2) is 51.1 Å². The molecule has 0 spiro atoms. The van der Waals surface area contributed by atoms with Crippen molar-refractivity contribution in [3.05, 3.63) is 48.0 Å².